The Labute approximate surface area is 71.2 Å². The molecule has 3 heteroatoms. The Hall–Kier alpha value is -1.09. The van der Waals surface area contributed by atoms with Gasteiger partial charge in [0.1, 0.15) is 4.99 Å². The molecule has 0 radical (unpaired) electrons. The predicted octanol–water partition coefficient (Wildman–Crippen LogP) is 1.21. The van der Waals surface area contributed by atoms with Crippen molar-refractivity contribution in [2.24, 2.45) is 5.73 Å². The molecule has 0 bridgehead atoms. The normalized spacial score (nSPS) is 9.55. The molecule has 1 aromatic rings. The maximum atomic E-state index is 5.54. The van der Waals surface area contributed by atoms with Gasteiger partial charge in [-0.15, -0.1) is 0 Å². The lowest BCUT2D eigenvalue weighted by Crippen LogP contribution is -2.11. The van der Waals surface area contributed by atoms with Crippen molar-refractivity contribution in [1.82, 2.24) is 0 Å². The Morgan fingerprint density at radius 2 is 2.09 bits per heavy atom. The highest BCUT2D eigenvalue weighted by atomic mass is 32.1. The van der Waals surface area contributed by atoms with Crippen LogP contribution in [-0.2, 0) is 0 Å². The van der Waals surface area contributed by atoms with Crippen LogP contribution in [0, 0.1) is 6.92 Å². The van der Waals surface area contributed by atoms with Crippen LogP contribution in [0.15, 0.2) is 18.2 Å². The minimum atomic E-state index is 0.419. The van der Waals surface area contributed by atoms with Gasteiger partial charge in [-0.25, -0.2) is 0 Å². The van der Waals surface area contributed by atoms with Crippen LogP contribution in [0.3, 0.4) is 0 Å². The Balaban J connectivity index is 3.20. The number of benzene rings is 1. The Morgan fingerprint density at radius 3 is 2.55 bits per heavy atom. The predicted molar refractivity (Wildman–Crippen MR) is 51.5 cm³/mol. The Kier molecular flexibility index (Phi) is 2.10. The number of aryl methyl sites for hydroxylation is 1. The van der Waals surface area contributed by atoms with E-state index in [1.54, 1.807) is 6.07 Å². The standard InChI is InChI=1S/C8H10N2S/c1-5-4-6(9)2-3-7(5)8(10)11/h2-4H,9H2,1H3,(H2,10,11). The quantitative estimate of drug-likeness (QED) is 0.487. The minimum absolute atomic E-state index is 0.419. The van der Waals surface area contributed by atoms with Gasteiger partial charge >= 0.3 is 0 Å². The third-order valence-electron chi connectivity index (χ3n) is 1.52. The molecule has 1 rings (SSSR count). The van der Waals surface area contributed by atoms with Gasteiger partial charge in [0.2, 0.25) is 0 Å². The summed E-state index contributed by atoms with van der Waals surface area (Å²) in [6.45, 7) is 1.94. The lowest BCUT2D eigenvalue weighted by Gasteiger charge is -2.03. The van der Waals surface area contributed by atoms with Crippen molar-refractivity contribution in [3.63, 3.8) is 0 Å². The van der Waals surface area contributed by atoms with Crippen molar-refractivity contribution in [2.45, 2.75) is 6.92 Å². The van der Waals surface area contributed by atoms with E-state index in [9.17, 15) is 0 Å². The zero-order valence-corrected chi connectivity index (χ0v) is 7.11. The summed E-state index contributed by atoms with van der Waals surface area (Å²) in [5, 5.41) is 0. The first kappa shape index (κ1) is 8.01. The number of hydrogen-bond donors (Lipinski definition) is 2. The van der Waals surface area contributed by atoms with E-state index in [2.05, 4.69) is 0 Å². The first-order valence-corrected chi connectivity index (χ1v) is 3.68. The van der Waals surface area contributed by atoms with Gasteiger partial charge in [0.15, 0.2) is 0 Å². The average molecular weight is 166 g/mol. The minimum Gasteiger partial charge on any atom is -0.399 e. The van der Waals surface area contributed by atoms with Crippen LogP contribution < -0.4 is 11.5 Å². The van der Waals surface area contributed by atoms with Crippen LogP contribution in [0.2, 0.25) is 0 Å². The highest BCUT2D eigenvalue weighted by molar-refractivity contribution is 7.80. The topological polar surface area (TPSA) is 52.0 Å². The summed E-state index contributed by atoms with van der Waals surface area (Å²) in [5.41, 5.74) is 13.7. The summed E-state index contributed by atoms with van der Waals surface area (Å²) >= 11 is 4.83. The zero-order valence-electron chi connectivity index (χ0n) is 6.29. The van der Waals surface area contributed by atoms with E-state index in [0.717, 1.165) is 16.8 Å². The summed E-state index contributed by atoms with van der Waals surface area (Å²) in [7, 11) is 0. The maximum absolute atomic E-state index is 5.54. The van der Waals surface area contributed by atoms with E-state index >= 15 is 0 Å². The fourth-order valence-electron chi connectivity index (χ4n) is 0.963. The number of nitrogen functional groups attached to an aromatic ring is 1. The molecular formula is C8H10N2S. The van der Waals surface area contributed by atoms with Crippen LogP contribution in [0.25, 0.3) is 0 Å². The van der Waals surface area contributed by atoms with Crippen molar-refractivity contribution < 1.29 is 0 Å². The van der Waals surface area contributed by atoms with E-state index in [1.807, 2.05) is 19.1 Å². The van der Waals surface area contributed by atoms with Gasteiger partial charge in [-0.05, 0) is 30.7 Å². The molecule has 0 fully saturated rings. The molecule has 11 heavy (non-hydrogen) atoms. The molecule has 4 N–H and O–H groups in total. The fourth-order valence-corrected chi connectivity index (χ4v) is 1.19. The van der Waals surface area contributed by atoms with Crippen molar-refractivity contribution in [3.05, 3.63) is 29.3 Å². The molecule has 1 aromatic carbocycles. The van der Waals surface area contributed by atoms with Crippen LogP contribution >= 0.6 is 12.2 Å². The molecule has 0 heterocycles. The molecule has 0 unspecified atom stereocenters. The molecule has 0 amide bonds. The van der Waals surface area contributed by atoms with Gasteiger partial charge < -0.3 is 11.5 Å². The molecule has 0 saturated heterocycles. The second-order valence-electron chi connectivity index (χ2n) is 2.44. The summed E-state index contributed by atoms with van der Waals surface area (Å²) in [4.78, 5) is 0.419. The smallest absolute Gasteiger partial charge is 0.104 e. The average Bonchev–Trinajstić information content (AvgIpc) is 1.85. The molecule has 0 saturated carbocycles. The van der Waals surface area contributed by atoms with Crippen molar-refractivity contribution in [3.8, 4) is 0 Å². The van der Waals surface area contributed by atoms with E-state index in [0.29, 0.717) is 4.99 Å². The SMILES string of the molecule is Cc1cc(N)ccc1C(N)=S. The highest BCUT2D eigenvalue weighted by Crippen LogP contribution is 2.11. The van der Waals surface area contributed by atoms with E-state index in [4.69, 9.17) is 23.7 Å². The number of nitrogens with two attached hydrogens (primary N) is 2. The molecule has 0 aromatic heterocycles. The lowest BCUT2D eigenvalue weighted by molar-refractivity contribution is 1.44. The van der Waals surface area contributed by atoms with E-state index in [-0.39, 0.29) is 0 Å². The van der Waals surface area contributed by atoms with Crippen LogP contribution in [0.5, 0.6) is 0 Å². The van der Waals surface area contributed by atoms with Crippen molar-refractivity contribution in [2.75, 3.05) is 5.73 Å². The first-order valence-electron chi connectivity index (χ1n) is 3.27. The number of thiocarbonyl (C=S) groups is 1. The molecule has 58 valence electrons. The zero-order chi connectivity index (χ0) is 8.43. The van der Waals surface area contributed by atoms with Gasteiger partial charge in [-0.3, -0.25) is 0 Å². The van der Waals surface area contributed by atoms with Gasteiger partial charge in [0, 0.05) is 11.3 Å². The molecule has 0 aliphatic rings. The van der Waals surface area contributed by atoms with Crippen LogP contribution in [-0.4, -0.2) is 4.99 Å². The van der Waals surface area contributed by atoms with Gasteiger partial charge in [0.25, 0.3) is 0 Å². The number of anilines is 1. The summed E-state index contributed by atoms with van der Waals surface area (Å²) in [6, 6.07) is 5.49. The summed E-state index contributed by atoms with van der Waals surface area (Å²) in [6.07, 6.45) is 0. The van der Waals surface area contributed by atoms with Gasteiger partial charge in [-0.1, -0.05) is 12.2 Å². The molecule has 2 nitrogen and oxygen atoms in total. The van der Waals surface area contributed by atoms with Gasteiger partial charge in [-0.2, -0.15) is 0 Å². The summed E-state index contributed by atoms with van der Waals surface area (Å²) in [5.74, 6) is 0. The second kappa shape index (κ2) is 2.88. The van der Waals surface area contributed by atoms with Crippen molar-refractivity contribution >= 4 is 22.9 Å². The molecular weight excluding hydrogens is 156 g/mol. The first-order chi connectivity index (χ1) is 5.11. The van der Waals surface area contributed by atoms with Crippen LogP contribution in [0.1, 0.15) is 11.1 Å². The molecule has 0 spiro atoms. The highest BCUT2D eigenvalue weighted by Gasteiger charge is 1.99. The second-order valence-corrected chi connectivity index (χ2v) is 2.88. The lowest BCUT2D eigenvalue weighted by atomic mass is 10.1. The molecule has 0 aliphatic carbocycles. The van der Waals surface area contributed by atoms with E-state index < -0.39 is 0 Å². The fraction of sp³-hybridized carbons (Fsp3) is 0.125. The number of hydrogen-bond acceptors (Lipinski definition) is 2. The Morgan fingerprint density at radius 1 is 1.45 bits per heavy atom. The van der Waals surface area contributed by atoms with Crippen LogP contribution in [0.4, 0.5) is 5.69 Å². The Bertz CT molecular complexity index is 294. The molecule has 0 atom stereocenters. The molecule has 0 aliphatic heterocycles. The summed E-state index contributed by atoms with van der Waals surface area (Å²) < 4.78 is 0. The van der Waals surface area contributed by atoms with Gasteiger partial charge in [0.05, 0.1) is 0 Å². The number of rotatable bonds is 1. The third kappa shape index (κ3) is 1.68. The van der Waals surface area contributed by atoms with E-state index in [1.165, 1.54) is 0 Å². The monoisotopic (exact) mass is 166 g/mol. The third-order valence-corrected chi connectivity index (χ3v) is 1.74. The largest absolute Gasteiger partial charge is 0.399 e. The van der Waals surface area contributed by atoms with Crippen molar-refractivity contribution in [1.29, 1.82) is 0 Å². The maximum Gasteiger partial charge on any atom is 0.104 e.